The molecule has 1 atom stereocenters. The van der Waals surface area contributed by atoms with Gasteiger partial charge in [-0.25, -0.2) is 4.39 Å². The molecule has 1 aromatic carbocycles. The van der Waals surface area contributed by atoms with E-state index in [-0.39, 0.29) is 5.82 Å². The molecule has 0 radical (unpaired) electrons. The van der Waals surface area contributed by atoms with E-state index in [1.54, 1.807) is 6.07 Å². The van der Waals surface area contributed by atoms with Gasteiger partial charge in [-0.3, -0.25) is 0 Å². The summed E-state index contributed by atoms with van der Waals surface area (Å²) in [5.41, 5.74) is 1.17. The van der Waals surface area contributed by atoms with E-state index in [0.29, 0.717) is 5.92 Å². The maximum absolute atomic E-state index is 13.3. The van der Waals surface area contributed by atoms with Crippen molar-refractivity contribution >= 4 is 0 Å². The van der Waals surface area contributed by atoms with Gasteiger partial charge in [0, 0.05) is 6.54 Å². The average molecular weight is 235 g/mol. The Kier molecular flexibility index (Phi) is 4.55. The van der Waals surface area contributed by atoms with E-state index >= 15 is 0 Å². The number of halogens is 1. The molecule has 1 aromatic rings. The summed E-state index contributed by atoms with van der Waals surface area (Å²) in [6.45, 7) is 4.22. The van der Waals surface area contributed by atoms with Crippen LogP contribution in [0.15, 0.2) is 24.3 Å². The zero-order chi connectivity index (χ0) is 12.1. The lowest BCUT2D eigenvalue weighted by Crippen LogP contribution is -2.30. The van der Waals surface area contributed by atoms with Gasteiger partial charge in [0.25, 0.3) is 0 Å². The minimum atomic E-state index is -0.109. The molecular formula is C15H22FN. The second-order valence-electron chi connectivity index (χ2n) is 5.06. The van der Waals surface area contributed by atoms with Crippen LogP contribution in [0.25, 0.3) is 0 Å². The average Bonchev–Trinajstić information content (AvgIpc) is 2.25. The monoisotopic (exact) mass is 235 g/mol. The Hall–Kier alpha value is -0.890. The standard InChI is InChI=1S/C15H22FN/c1-2-9-17-11-15(12-5-3-6-12)13-7-4-8-14(16)10-13/h4,7-8,10,12,15,17H,2-3,5-6,9,11H2,1H3. The van der Waals surface area contributed by atoms with Crippen LogP contribution in [-0.2, 0) is 0 Å². The summed E-state index contributed by atoms with van der Waals surface area (Å²) < 4.78 is 13.3. The molecular weight excluding hydrogens is 213 g/mol. The first kappa shape index (κ1) is 12.6. The lowest BCUT2D eigenvalue weighted by Gasteiger charge is -2.34. The summed E-state index contributed by atoms with van der Waals surface area (Å²) in [7, 11) is 0. The molecule has 17 heavy (non-hydrogen) atoms. The molecule has 1 aliphatic rings. The lowest BCUT2D eigenvalue weighted by atomic mass is 9.73. The molecule has 94 valence electrons. The van der Waals surface area contributed by atoms with E-state index < -0.39 is 0 Å². The Bertz CT molecular complexity index is 347. The molecule has 1 aliphatic carbocycles. The molecule has 1 saturated carbocycles. The molecule has 0 aromatic heterocycles. The lowest BCUT2D eigenvalue weighted by molar-refractivity contribution is 0.255. The van der Waals surface area contributed by atoms with Crippen molar-refractivity contribution < 1.29 is 4.39 Å². The first-order valence-electron chi connectivity index (χ1n) is 6.77. The van der Waals surface area contributed by atoms with Crippen molar-refractivity contribution in [1.29, 1.82) is 0 Å². The largest absolute Gasteiger partial charge is 0.316 e. The quantitative estimate of drug-likeness (QED) is 0.741. The molecule has 1 unspecified atom stereocenters. The zero-order valence-corrected chi connectivity index (χ0v) is 10.6. The van der Waals surface area contributed by atoms with Crippen LogP contribution in [0, 0.1) is 11.7 Å². The van der Waals surface area contributed by atoms with Gasteiger partial charge in [0.15, 0.2) is 0 Å². The van der Waals surface area contributed by atoms with E-state index in [1.165, 1.54) is 30.9 Å². The first-order chi connectivity index (χ1) is 8.31. The van der Waals surface area contributed by atoms with Crippen LogP contribution >= 0.6 is 0 Å². The molecule has 1 N–H and O–H groups in total. The predicted molar refractivity (Wildman–Crippen MR) is 69.6 cm³/mol. The molecule has 0 saturated heterocycles. The number of rotatable bonds is 6. The van der Waals surface area contributed by atoms with Gasteiger partial charge in [-0.15, -0.1) is 0 Å². The second-order valence-corrected chi connectivity index (χ2v) is 5.06. The van der Waals surface area contributed by atoms with Gasteiger partial charge in [0.05, 0.1) is 0 Å². The molecule has 2 rings (SSSR count). The van der Waals surface area contributed by atoms with Crippen molar-refractivity contribution in [3.8, 4) is 0 Å². The third kappa shape index (κ3) is 3.29. The van der Waals surface area contributed by atoms with Crippen molar-refractivity contribution in [3.63, 3.8) is 0 Å². The fourth-order valence-corrected chi connectivity index (χ4v) is 2.57. The van der Waals surface area contributed by atoms with Crippen LogP contribution in [0.3, 0.4) is 0 Å². The molecule has 1 nitrogen and oxygen atoms in total. The van der Waals surface area contributed by atoms with Gasteiger partial charge in [0.2, 0.25) is 0 Å². The highest BCUT2D eigenvalue weighted by molar-refractivity contribution is 5.22. The third-order valence-electron chi connectivity index (χ3n) is 3.79. The van der Waals surface area contributed by atoms with Crippen molar-refractivity contribution in [2.75, 3.05) is 13.1 Å². The number of benzene rings is 1. The Morgan fingerprint density at radius 3 is 2.82 bits per heavy atom. The summed E-state index contributed by atoms with van der Waals surface area (Å²) in [6, 6.07) is 7.13. The number of nitrogens with one attached hydrogen (secondary N) is 1. The highest BCUT2D eigenvalue weighted by atomic mass is 19.1. The Morgan fingerprint density at radius 2 is 2.24 bits per heavy atom. The van der Waals surface area contributed by atoms with Gasteiger partial charge in [-0.1, -0.05) is 25.5 Å². The zero-order valence-electron chi connectivity index (χ0n) is 10.6. The maximum atomic E-state index is 13.3. The van der Waals surface area contributed by atoms with Crippen LogP contribution in [-0.4, -0.2) is 13.1 Å². The first-order valence-corrected chi connectivity index (χ1v) is 6.77. The fourth-order valence-electron chi connectivity index (χ4n) is 2.57. The number of hydrogen-bond acceptors (Lipinski definition) is 1. The minimum Gasteiger partial charge on any atom is -0.316 e. The molecule has 0 heterocycles. The summed E-state index contributed by atoms with van der Waals surface area (Å²) in [6.07, 6.45) is 5.09. The van der Waals surface area contributed by atoms with E-state index in [9.17, 15) is 4.39 Å². The van der Waals surface area contributed by atoms with Crippen LogP contribution in [0.4, 0.5) is 4.39 Å². The van der Waals surface area contributed by atoms with Gasteiger partial charge in [0.1, 0.15) is 5.82 Å². The summed E-state index contributed by atoms with van der Waals surface area (Å²) in [4.78, 5) is 0. The van der Waals surface area contributed by atoms with Gasteiger partial charge in [-0.2, -0.15) is 0 Å². The van der Waals surface area contributed by atoms with Gasteiger partial charge in [-0.05, 0) is 55.3 Å². The molecule has 2 heteroatoms. The van der Waals surface area contributed by atoms with E-state index in [4.69, 9.17) is 0 Å². The van der Waals surface area contributed by atoms with Crippen LogP contribution in [0.2, 0.25) is 0 Å². The molecule has 0 spiro atoms. The van der Waals surface area contributed by atoms with E-state index in [2.05, 4.69) is 18.3 Å². The molecule has 0 aliphatic heterocycles. The predicted octanol–water partition coefficient (Wildman–Crippen LogP) is 3.71. The molecule has 0 bridgehead atoms. The maximum Gasteiger partial charge on any atom is 0.123 e. The second kappa shape index (κ2) is 6.15. The summed E-state index contributed by atoms with van der Waals surface area (Å²) in [5, 5.41) is 3.48. The van der Waals surface area contributed by atoms with E-state index in [1.807, 2.05) is 6.07 Å². The van der Waals surface area contributed by atoms with Gasteiger partial charge >= 0.3 is 0 Å². The van der Waals surface area contributed by atoms with Gasteiger partial charge < -0.3 is 5.32 Å². The SMILES string of the molecule is CCCNCC(c1cccc(F)c1)C1CCC1. The number of hydrogen-bond donors (Lipinski definition) is 1. The van der Waals surface area contributed by atoms with E-state index in [0.717, 1.165) is 25.4 Å². The molecule has 1 fully saturated rings. The van der Waals surface area contributed by atoms with Crippen molar-refractivity contribution in [1.82, 2.24) is 5.32 Å². The van der Waals surface area contributed by atoms with Crippen molar-refractivity contribution in [2.45, 2.75) is 38.5 Å². The fraction of sp³-hybridized carbons (Fsp3) is 0.600. The van der Waals surface area contributed by atoms with Crippen LogP contribution in [0.5, 0.6) is 0 Å². The Morgan fingerprint density at radius 1 is 1.41 bits per heavy atom. The third-order valence-corrected chi connectivity index (χ3v) is 3.79. The highest BCUT2D eigenvalue weighted by Crippen LogP contribution is 2.39. The van der Waals surface area contributed by atoms with Crippen LogP contribution < -0.4 is 5.32 Å². The smallest absolute Gasteiger partial charge is 0.123 e. The van der Waals surface area contributed by atoms with Crippen LogP contribution in [0.1, 0.15) is 44.1 Å². The van der Waals surface area contributed by atoms with Crippen molar-refractivity contribution in [3.05, 3.63) is 35.6 Å². The Balaban J connectivity index is 2.03. The summed E-state index contributed by atoms with van der Waals surface area (Å²) >= 11 is 0. The Labute approximate surface area is 103 Å². The molecule has 0 amide bonds. The summed E-state index contributed by atoms with van der Waals surface area (Å²) in [5.74, 6) is 1.13. The van der Waals surface area contributed by atoms with Crippen molar-refractivity contribution in [2.24, 2.45) is 5.92 Å². The highest BCUT2D eigenvalue weighted by Gasteiger charge is 2.28. The normalized spacial score (nSPS) is 17.8. The topological polar surface area (TPSA) is 12.0 Å². The minimum absolute atomic E-state index is 0.109.